The SMILES string of the molecule is Cn1c(-c2nc3c(C(=O)O)cccc3n2C)nc2c(C(=O)O)cccc21. The molecule has 0 aliphatic heterocycles. The summed E-state index contributed by atoms with van der Waals surface area (Å²) in [7, 11) is 3.54. The molecule has 0 saturated heterocycles. The van der Waals surface area contributed by atoms with Crippen LogP contribution in [0.2, 0.25) is 0 Å². The van der Waals surface area contributed by atoms with Gasteiger partial charge in [0.15, 0.2) is 11.6 Å². The molecule has 26 heavy (non-hydrogen) atoms. The Morgan fingerprint density at radius 3 is 1.50 bits per heavy atom. The van der Waals surface area contributed by atoms with Gasteiger partial charge in [0, 0.05) is 14.1 Å². The molecule has 0 atom stereocenters. The zero-order valence-corrected chi connectivity index (χ0v) is 14.0. The van der Waals surface area contributed by atoms with Crippen LogP contribution in [0.15, 0.2) is 36.4 Å². The normalized spacial score (nSPS) is 11.3. The third-order valence-electron chi connectivity index (χ3n) is 4.48. The number of benzene rings is 2. The molecule has 2 aromatic carbocycles. The number of imidazole rings is 2. The first-order valence-corrected chi connectivity index (χ1v) is 7.78. The van der Waals surface area contributed by atoms with E-state index in [1.54, 1.807) is 47.5 Å². The standard InChI is InChI=1S/C18H14N4O4/c1-21-11-7-3-5-9(17(23)24)13(11)19-15(21)16-20-14-10(18(25)26)6-4-8-12(14)22(16)2/h3-8H,1-2H3,(H,23,24)(H,25,26). The average molecular weight is 350 g/mol. The largest absolute Gasteiger partial charge is 0.478 e. The summed E-state index contributed by atoms with van der Waals surface area (Å²) in [5.41, 5.74) is 2.26. The summed E-state index contributed by atoms with van der Waals surface area (Å²) in [6.07, 6.45) is 0. The number of hydrogen-bond donors (Lipinski definition) is 2. The van der Waals surface area contributed by atoms with Crippen molar-refractivity contribution in [1.82, 2.24) is 19.1 Å². The first-order valence-electron chi connectivity index (χ1n) is 7.78. The lowest BCUT2D eigenvalue weighted by atomic mass is 10.2. The van der Waals surface area contributed by atoms with E-state index < -0.39 is 11.9 Å². The van der Waals surface area contributed by atoms with E-state index >= 15 is 0 Å². The first-order chi connectivity index (χ1) is 12.4. The van der Waals surface area contributed by atoms with Gasteiger partial charge in [-0.3, -0.25) is 0 Å². The Morgan fingerprint density at radius 2 is 1.15 bits per heavy atom. The minimum Gasteiger partial charge on any atom is -0.478 e. The van der Waals surface area contributed by atoms with Crippen molar-refractivity contribution in [3.63, 3.8) is 0 Å². The van der Waals surface area contributed by atoms with Crippen LogP contribution in [0.25, 0.3) is 33.7 Å². The fraction of sp³-hybridized carbons (Fsp3) is 0.111. The van der Waals surface area contributed by atoms with Crippen LogP contribution in [0, 0.1) is 0 Å². The molecule has 4 rings (SSSR count). The summed E-state index contributed by atoms with van der Waals surface area (Å²) in [6, 6.07) is 9.88. The third-order valence-corrected chi connectivity index (χ3v) is 4.48. The van der Waals surface area contributed by atoms with Crippen LogP contribution >= 0.6 is 0 Å². The molecule has 8 heteroatoms. The topological polar surface area (TPSA) is 110 Å². The fourth-order valence-corrected chi connectivity index (χ4v) is 3.17. The van der Waals surface area contributed by atoms with Crippen molar-refractivity contribution >= 4 is 34.0 Å². The summed E-state index contributed by atoms with van der Waals surface area (Å²) in [5.74, 6) is -1.19. The molecule has 4 aromatic rings. The van der Waals surface area contributed by atoms with Gasteiger partial charge in [0.1, 0.15) is 11.0 Å². The molecule has 8 nitrogen and oxygen atoms in total. The quantitative estimate of drug-likeness (QED) is 0.587. The zero-order valence-electron chi connectivity index (χ0n) is 14.0. The number of fused-ring (bicyclic) bond motifs is 2. The van der Waals surface area contributed by atoms with Gasteiger partial charge in [-0.15, -0.1) is 0 Å². The van der Waals surface area contributed by atoms with E-state index in [0.29, 0.717) is 33.7 Å². The lowest BCUT2D eigenvalue weighted by Crippen LogP contribution is -1.99. The Balaban J connectivity index is 2.05. The van der Waals surface area contributed by atoms with Gasteiger partial charge >= 0.3 is 11.9 Å². The summed E-state index contributed by atoms with van der Waals surface area (Å²) in [4.78, 5) is 31.9. The molecule has 0 unspecified atom stereocenters. The molecular formula is C18H14N4O4. The number of carboxylic acid groups (broad SMARTS) is 2. The monoisotopic (exact) mass is 350 g/mol. The van der Waals surface area contributed by atoms with Gasteiger partial charge in [0.25, 0.3) is 0 Å². The Kier molecular flexibility index (Phi) is 3.30. The van der Waals surface area contributed by atoms with Gasteiger partial charge in [0.2, 0.25) is 0 Å². The van der Waals surface area contributed by atoms with E-state index in [-0.39, 0.29) is 11.1 Å². The first kappa shape index (κ1) is 15.8. The molecule has 0 saturated carbocycles. The second kappa shape index (κ2) is 5.41. The number of nitrogens with zero attached hydrogens (tertiary/aromatic N) is 4. The van der Waals surface area contributed by atoms with Gasteiger partial charge in [-0.1, -0.05) is 12.1 Å². The highest BCUT2D eigenvalue weighted by Crippen LogP contribution is 2.28. The van der Waals surface area contributed by atoms with Crippen molar-refractivity contribution in [3.05, 3.63) is 47.5 Å². The number of carboxylic acids is 2. The zero-order chi connectivity index (χ0) is 18.6. The summed E-state index contributed by atoms with van der Waals surface area (Å²) >= 11 is 0. The average Bonchev–Trinajstić information content (AvgIpc) is 3.12. The van der Waals surface area contributed by atoms with Gasteiger partial charge in [-0.25, -0.2) is 19.6 Å². The predicted octanol–water partition coefficient (Wildman–Crippen LogP) is 2.52. The van der Waals surface area contributed by atoms with E-state index in [1.165, 1.54) is 12.1 Å². The minimum absolute atomic E-state index is 0.106. The minimum atomic E-state index is -1.06. The summed E-state index contributed by atoms with van der Waals surface area (Å²) in [5, 5.41) is 18.8. The molecule has 0 aliphatic rings. The van der Waals surface area contributed by atoms with Gasteiger partial charge in [-0.05, 0) is 24.3 Å². The van der Waals surface area contributed by atoms with Crippen LogP contribution in [0.1, 0.15) is 20.7 Å². The van der Waals surface area contributed by atoms with Crippen LogP contribution in [0.3, 0.4) is 0 Å². The van der Waals surface area contributed by atoms with Crippen LogP contribution in [0.5, 0.6) is 0 Å². The molecule has 2 heterocycles. The van der Waals surface area contributed by atoms with E-state index in [1.807, 2.05) is 0 Å². The van der Waals surface area contributed by atoms with Crippen molar-refractivity contribution in [2.24, 2.45) is 14.1 Å². The number of carbonyl (C=O) groups is 2. The highest BCUT2D eigenvalue weighted by Gasteiger charge is 2.21. The van der Waals surface area contributed by atoms with Crippen molar-refractivity contribution in [2.45, 2.75) is 0 Å². The maximum atomic E-state index is 11.5. The van der Waals surface area contributed by atoms with E-state index in [2.05, 4.69) is 9.97 Å². The van der Waals surface area contributed by atoms with Gasteiger partial charge in [0.05, 0.1) is 22.2 Å². The van der Waals surface area contributed by atoms with Crippen LogP contribution in [-0.4, -0.2) is 41.3 Å². The maximum Gasteiger partial charge on any atom is 0.337 e. The van der Waals surface area contributed by atoms with Crippen LogP contribution < -0.4 is 0 Å². The molecule has 0 fully saturated rings. The van der Waals surface area contributed by atoms with E-state index in [4.69, 9.17) is 0 Å². The van der Waals surface area contributed by atoms with Crippen molar-refractivity contribution in [1.29, 1.82) is 0 Å². The number of aryl methyl sites for hydroxylation is 2. The Morgan fingerprint density at radius 1 is 0.769 bits per heavy atom. The molecule has 0 bridgehead atoms. The number of hydrogen-bond acceptors (Lipinski definition) is 4. The molecule has 2 aromatic heterocycles. The molecule has 0 radical (unpaired) electrons. The smallest absolute Gasteiger partial charge is 0.337 e. The fourth-order valence-electron chi connectivity index (χ4n) is 3.17. The number of aromatic nitrogens is 4. The Labute approximate surface area is 147 Å². The number of aromatic carboxylic acids is 2. The second-order valence-corrected chi connectivity index (χ2v) is 5.95. The lowest BCUT2D eigenvalue weighted by molar-refractivity contribution is 0.0688. The molecule has 0 aliphatic carbocycles. The van der Waals surface area contributed by atoms with E-state index in [9.17, 15) is 19.8 Å². The van der Waals surface area contributed by atoms with Crippen LogP contribution in [-0.2, 0) is 14.1 Å². The molecule has 2 N–H and O–H groups in total. The highest BCUT2D eigenvalue weighted by atomic mass is 16.4. The van der Waals surface area contributed by atoms with Gasteiger partial charge in [-0.2, -0.15) is 0 Å². The van der Waals surface area contributed by atoms with Crippen molar-refractivity contribution in [3.8, 4) is 11.6 Å². The third kappa shape index (κ3) is 2.08. The Bertz CT molecular complexity index is 1120. The molecule has 130 valence electrons. The molecular weight excluding hydrogens is 336 g/mol. The summed E-state index contributed by atoms with van der Waals surface area (Å²) < 4.78 is 3.51. The molecule has 0 spiro atoms. The Hall–Kier alpha value is -3.68. The van der Waals surface area contributed by atoms with Crippen molar-refractivity contribution in [2.75, 3.05) is 0 Å². The summed E-state index contributed by atoms with van der Waals surface area (Å²) in [6.45, 7) is 0. The maximum absolute atomic E-state index is 11.5. The number of para-hydroxylation sites is 2. The second-order valence-electron chi connectivity index (χ2n) is 5.95. The van der Waals surface area contributed by atoms with Crippen LogP contribution in [0.4, 0.5) is 0 Å². The number of rotatable bonds is 3. The molecule has 0 amide bonds. The lowest BCUT2D eigenvalue weighted by Gasteiger charge is -2.03. The van der Waals surface area contributed by atoms with Crippen molar-refractivity contribution < 1.29 is 19.8 Å². The van der Waals surface area contributed by atoms with Gasteiger partial charge < -0.3 is 19.3 Å². The van der Waals surface area contributed by atoms with E-state index in [0.717, 1.165) is 0 Å². The highest BCUT2D eigenvalue weighted by molar-refractivity contribution is 6.03. The predicted molar refractivity (Wildman–Crippen MR) is 94.3 cm³/mol.